The first-order valence-corrected chi connectivity index (χ1v) is 5.35. The van der Waals surface area contributed by atoms with Gasteiger partial charge in [0.1, 0.15) is 5.75 Å². The van der Waals surface area contributed by atoms with Crippen LogP contribution in [0.15, 0.2) is 22.0 Å². The van der Waals surface area contributed by atoms with E-state index in [0.29, 0.717) is 13.9 Å². The van der Waals surface area contributed by atoms with E-state index < -0.39 is 5.97 Å². The molecular formula is C9H5BrO3S. The standard InChI is InChI=1S/C9H5BrO3S/c10-8-6(9(12)13)4-2-1-3-5(11)7(4)14-8/h1-3,11H,(H,12,13). The molecule has 2 rings (SSSR count). The average molecular weight is 273 g/mol. The summed E-state index contributed by atoms with van der Waals surface area (Å²) < 4.78 is 1.12. The van der Waals surface area contributed by atoms with E-state index in [9.17, 15) is 9.90 Å². The highest BCUT2D eigenvalue weighted by atomic mass is 79.9. The monoisotopic (exact) mass is 272 g/mol. The Balaban J connectivity index is 2.90. The maximum absolute atomic E-state index is 10.9. The minimum Gasteiger partial charge on any atom is -0.506 e. The van der Waals surface area contributed by atoms with Gasteiger partial charge in [-0.3, -0.25) is 0 Å². The summed E-state index contributed by atoms with van der Waals surface area (Å²) in [5.74, 6) is -0.880. The van der Waals surface area contributed by atoms with E-state index in [1.165, 1.54) is 17.4 Å². The lowest BCUT2D eigenvalue weighted by molar-refractivity contribution is 0.0698. The molecule has 1 heterocycles. The molecule has 0 fully saturated rings. The van der Waals surface area contributed by atoms with Gasteiger partial charge in [0.15, 0.2) is 0 Å². The molecule has 2 aromatic rings. The SMILES string of the molecule is O=C(O)c1c(Br)sc2c(O)cccc12. The van der Waals surface area contributed by atoms with Crippen molar-refractivity contribution in [3.63, 3.8) is 0 Å². The molecule has 2 N–H and O–H groups in total. The molecule has 3 nitrogen and oxygen atoms in total. The van der Waals surface area contributed by atoms with Gasteiger partial charge in [0.2, 0.25) is 0 Å². The molecule has 0 amide bonds. The van der Waals surface area contributed by atoms with Crippen LogP contribution in [0.2, 0.25) is 0 Å². The number of carboxylic acid groups (broad SMARTS) is 1. The van der Waals surface area contributed by atoms with Crippen LogP contribution in [0.3, 0.4) is 0 Å². The fraction of sp³-hybridized carbons (Fsp3) is 0. The number of halogens is 1. The molecule has 0 saturated carbocycles. The fourth-order valence-corrected chi connectivity index (χ4v) is 3.07. The minimum atomic E-state index is -0.992. The van der Waals surface area contributed by atoms with E-state index in [0.717, 1.165) is 0 Å². The third kappa shape index (κ3) is 1.29. The summed E-state index contributed by atoms with van der Waals surface area (Å²) in [5.41, 5.74) is 0.209. The van der Waals surface area contributed by atoms with Gasteiger partial charge in [0, 0.05) is 5.39 Å². The Kier molecular flexibility index (Phi) is 2.20. The zero-order chi connectivity index (χ0) is 10.3. The minimum absolute atomic E-state index is 0.112. The van der Waals surface area contributed by atoms with Crippen LogP contribution in [0.1, 0.15) is 10.4 Å². The van der Waals surface area contributed by atoms with E-state index in [1.54, 1.807) is 12.1 Å². The topological polar surface area (TPSA) is 57.5 Å². The summed E-state index contributed by atoms with van der Waals surface area (Å²) in [6, 6.07) is 4.85. The van der Waals surface area contributed by atoms with Crippen molar-refractivity contribution in [2.45, 2.75) is 0 Å². The van der Waals surface area contributed by atoms with Crippen LogP contribution in [0.4, 0.5) is 0 Å². The molecule has 0 aliphatic rings. The van der Waals surface area contributed by atoms with Crippen molar-refractivity contribution in [3.05, 3.63) is 27.5 Å². The lowest BCUT2D eigenvalue weighted by atomic mass is 10.2. The molecule has 0 radical (unpaired) electrons. The van der Waals surface area contributed by atoms with Gasteiger partial charge in [0.05, 0.1) is 14.0 Å². The maximum atomic E-state index is 10.9. The lowest BCUT2D eigenvalue weighted by Crippen LogP contribution is -1.94. The first-order chi connectivity index (χ1) is 6.61. The van der Waals surface area contributed by atoms with Crippen LogP contribution in [-0.4, -0.2) is 16.2 Å². The molecule has 1 aromatic carbocycles. The molecule has 0 unspecified atom stereocenters. The zero-order valence-corrected chi connectivity index (χ0v) is 9.22. The Morgan fingerprint density at radius 2 is 2.14 bits per heavy atom. The summed E-state index contributed by atoms with van der Waals surface area (Å²) in [4.78, 5) is 10.9. The number of carbonyl (C=O) groups is 1. The second-order valence-electron chi connectivity index (χ2n) is 2.71. The molecule has 0 aliphatic heterocycles. The zero-order valence-electron chi connectivity index (χ0n) is 6.82. The first kappa shape index (κ1) is 9.48. The van der Waals surface area contributed by atoms with Crippen LogP contribution >= 0.6 is 27.3 Å². The third-order valence-electron chi connectivity index (χ3n) is 1.87. The van der Waals surface area contributed by atoms with Crippen molar-refractivity contribution in [1.29, 1.82) is 0 Å². The number of rotatable bonds is 1. The Hall–Kier alpha value is -1.07. The lowest BCUT2D eigenvalue weighted by Gasteiger charge is -1.94. The molecule has 5 heteroatoms. The number of carboxylic acids is 1. The summed E-state index contributed by atoms with van der Waals surface area (Å²) in [7, 11) is 0. The first-order valence-electron chi connectivity index (χ1n) is 3.74. The van der Waals surface area contributed by atoms with Crippen LogP contribution in [0.25, 0.3) is 10.1 Å². The molecule has 0 saturated heterocycles. The van der Waals surface area contributed by atoms with Crippen molar-refractivity contribution >= 4 is 43.3 Å². The van der Waals surface area contributed by atoms with Crippen molar-refractivity contribution < 1.29 is 15.0 Å². The molecule has 14 heavy (non-hydrogen) atoms. The van der Waals surface area contributed by atoms with Gasteiger partial charge >= 0.3 is 5.97 Å². The molecular weight excluding hydrogens is 268 g/mol. The van der Waals surface area contributed by atoms with Crippen LogP contribution in [-0.2, 0) is 0 Å². The van der Waals surface area contributed by atoms with Crippen LogP contribution in [0, 0.1) is 0 Å². The quantitative estimate of drug-likeness (QED) is 0.839. The van der Waals surface area contributed by atoms with Gasteiger partial charge in [-0.25, -0.2) is 4.79 Å². The van der Waals surface area contributed by atoms with Gasteiger partial charge < -0.3 is 10.2 Å². The highest BCUT2D eigenvalue weighted by molar-refractivity contribution is 9.11. The van der Waals surface area contributed by atoms with E-state index in [-0.39, 0.29) is 11.3 Å². The highest BCUT2D eigenvalue weighted by Crippen LogP contribution is 2.39. The van der Waals surface area contributed by atoms with Crippen molar-refractivity contribution in [1.82, 2.24) is 0 Å². The number of benzene rings is 1. The fourth-order valence-electron chi connectivity index (χ4n) is 1.27. The van der Waals surface area contributed by atoms with Crippen molar-refractivity contribution in [2.75, 3.05) is 0 Å². The number of thiophene rings is 1. The molecule has 0 atom stereocenters. The maximum Gasteiger partial charge on any atom is 0.338 e. The number of phenols is 1. The molecule has 0 bridgehead atoms. The highest BCUT2D eigenvalue weighted by Gasteiger charge is 2.17. The summed E-state index contributed by atoms with van der Waals surface area (Å²) in [6.07, 6.45) is 0. The second kappa shape index (κ2) is 3.25. The largest absolute Gasteiger partial charge is 0.506 e. The number of fused-ring (bicyclic) bond motifs is 1. The predicted molar refractivity (Wildman–Crippen MR) is 58.1 cm³/mol. The molecule has 0 aliphatic carbocycles. The Bertz CT molecular complexity index is 518. The molecule has 1 aromatic heterocycles. The van der Waals surface area contributed by atoms with E-state index in [2.05, 4.69) is 15.9 Å². The van der Waals surface area contributed by atoms with Crippen LogP contribution in [0.5, 0.6) is 5.75 Å². The van der Waals surface area contributed by atoms with Gasteiger partial charge in [-0.2, -0.15) is 0 Å². The molecule has 72 valence electrons. The number of aromatic carboxylic acids is 1. The van der Waals surface area contributed by atoms with Gasteiger partial charge in [-0.05, 0) is 22.0 Å². The number of hydrogen-bond donors (Lipinski definition) is 2. The summed E-state index contributed by atoms with van der Waals surface area (Å²) in [5, 5.41) is 19.0. The Morgan fingerprint density at radius 3 is 2.79 bits per heavy atom. The van der Waals surface area contributed by atoms with Crippen molar-refractivity contribution in [2.24, 2.45) is 0 Å². The van der Waals surface area contributed by atoms with Gasteiger partial charge in [0.25, 0.3) is 0 Å². The Labute approximate surface area is 91.7 Å². The predicted octanol–water partition coefficient (Wildman–Crippen LogP) is 3.07. The average Bonchev–Trinajstić information content (AvgIpc) is 2.42. The summed E-state index contributed by atoms with van der Waals surface area (Å²) in [6.45, 7) is 0. The summed E-state index contributed by atoms with van der Waals surface area (Å²) >= 11 is 4.39. The molecule has 0 spiro atoms. The number of hydrogen-bond acceptors (Lipinski definition) is 3. The van der Waals surface area contributed by atoms with Crippen molar-refractivity contribution in [3.8, 4) is 5.75 Å². The van der Waals surface area contributed by atoms with Crippen LogP contribution < -0.4 is 0 Å². The number of phenolic OH excluding ortho intramolecular Hbond substituents is 1. The van der Waals surface area contributed by atoms with Gasteiger partial charge in [-0.15, -0.1) is 11.3 Å². The normalized spacial score (nSPS) is 10.6. The smallest absolute Gasteiger partial charge is 0.338 e. The number of aromatic hydroxyl groups is 1. The Morgan fingerprint density at radius 1 is 1.43 bits per heavy atom. The van der Waals surface area contributed by atoms with Gasteiger partial charge in [-0.1, -0.05) is 12.1 Å². The van der Waals surface area contributed by atoms with E-state index in [1.807, 2.05) is 0 Å². The third-order valence-corrected chi connectivity index (χ3v) is 3.76. The van der Waals surface area contributed by atoms with E-state index >= 15 is 0 Å². The van der Waals surface area contributed by atoms with E-state index in [4.69, 9.17) is 5.11 Å². The second-order valence-corrected chi connectivity index (χ2v) is 5.05.